The Balaban J connectivity index is 0.795. The highest BCUT2D eigenvalue weighted by Gasteiger charge is 2.40. The molecule has 2 aliphatic carbocycles. The smallest absolute Gasteiger partial charge is 0.250 e. The number of nitrogens with zero attached hydrogens (tertiary/aromatic N) is 4. The van der Waals surface area contributed by atoms with E-state index in [9.17, 15) is 19.2 Å². The number of hydrogen-bond donors (Lipinski definition) is 4. The van der Waals surface area contributed by atoms with E-state index in [4.69, 9.17) is 9.97 Å². The van der Waals surface area contributed by atoms with Crippen molar-refractivity contribution in [1.82, 2.24) is 40.4 Å². The standard InChI is InChI=1S/C53H54N8O4S2/c1-3-28-60(52(64)46(35-11-6-4-7-12-35)58-50(62)37-20-21-37)32(2)48-54-30-39(56-48)44-26-24-42(66-44)33-16-18-34(19-17-33)43-25-27-45(67-43)40-31-55-49(57-40)41-15-10-29-61(41)53(65)47(36-13-8-5-9-14-36)59-51(63)38-22-23-38/h4-9,11-14,16-19,24-27,30-32,37-38,41,46-47H,3,10,15,20-23,28-29H2,1-2H3,(H,54,56)(H,55,57)(H,58,62)(H,59,63)/t32-,41-,46-,47-/m0/s1. The Hall–Kier alpha value is -6.64. The van der Waals surface area contributed by atoms with E-state index in [1.165, 1.54) is 0 Å². The Kier molecular flexibility index (Phi) is 12.7. The van der Waals surface area contributed by atoms with Crippen molar-refractivity contribution in [2.45, 2.75) is 83.0 Å². The zero-order valence-electron chi connectivity index (χ0n) is 37.6. The Bertz CT molecular complexity index is 2860. The fraction of sp³-hybridized carbons (Fsp3) is 0.321. The molecule has 10 rings (SSSR count). The number of nitrogens with one attached hydrogen (secondary N) is 4. The number of amides is 4. The lowest BCUT2D eigenvalue weighted by Gasteiger charge is -2.32. The average molecular weight is 931 g/mol. The molecule has 5 heterocycles. The Morgan fingerprint density at radius 1 is 0.672 bits per heavy atom. The third-order valence-electron chi connectivity index (χ3n) is 13.1. The van der Waals surface area contributed by atoms with Gasteiger partial charge in [-0.15, -0.1) is 22.7 Å². The second-order valence-electron chi connectivity index (χ2n) is 17.9. The number of rotatable bonds is 17. The molecule has 14 heteroatoms. The summed E-state index contributed by atoms with van der Waals surface area (Å²) in [5, 5.41) is 6.12. The third-order valence-corrected chi connectivity index (χ3v) is 15.4. The van der Waals surface area contributed by atoms with Crippen LogP contribution in [0.1, 0.15) is 106 Å². The molecule has 1 saturated heterocycles. The van der Waals surface area contributed by atoms with Crippen LogP contribution in [-0.4, -0.2) is 66.5 Å². The van der Waals surface area contributed by atoms with E-state index >= 15 is 0 Å². The van der Waals surface area contributed by atoms with Crippen LogP contribution in [0.3, 0.4) is 0 Å². The number of likely N-dealkylation sites (tertiary alicyclic amines) is 1. The van der Waals surface area contributed by atoms with E-state index in [0.717, 1.165) is 104 Å². The molecule has 3 aromatic carbocycles. The van der Waals surface area contributed by atoms with E-state index in [-0.39, 0.29) is 47.5 Å². The van der Waals surface area contributed by atoms with Gasteiger partial charge in [-0.3, -0.25) is 19.2 Å². The highest BCUT2D eigenvalue weighted by Crippen LogP contribution is 2.40. The first-order valence-electron chi connectivity index (χ1n) is 23.4. The minimum atomic E-state index is -0.766. The highest BCUT2D eigenvalue weighted by atomic mass is 32.1. The first-order valence-corrected chi connectivity index (χ1v) is 25.1. The SMILES string of the molecule is CCCN(C(=O)[C@@H](NC(=O)C1CC1)c1ccccc1)[C@@H](C)c1ncc(-c2ccc(-c3ccc(-c4ccc(-c5cnc([C@@H]6CCCN6C(=O)[C@@H](NC(=O)C6CC6)c6ccccc6)[nH]5)s4)cc3)s2)[nH]1. The summed E-state index contributed by atoms with van der Waals surface area (Å²) >= 11 is 3.37. The lowest BCUT2D eigenvalue weighted by Crippen LogP contribution is -2.45. The van der Waals surface area contributed by atoms with Crippen molar-refractivity contribution in [3.8, 4) is 42.0 Å². The van der Waals surface area contributed by atoms with Crippen LogP contribution < -0.4 is 10.6 Å². The number of benzene rings is 3. The molecule has 4 amide bonds. The van der Waals surface area contributed by atoms with E-state index in [1.54, 1.807) is 22.7 Å². The molecule has 342 valence electrons. The van der Waals surface area contributed by atoms with Gasteiger partial charge < -0.3 is 30.4 Å². The van der Waals surface area contributed by atoms with Crippen LogP contribution in [0.5, 0.6) is 0 Å². The summed E-state index contributed by atoms with van der Waals surface area (Å²) in [6.07, 6.45) is 9.59. The van der Waals surface area contributed by atoms with Crippen LogP contribution in [0.2, 0.25) is 0 Å². The first-order chi connectivity index (χ1) is 32.7. The van der Waals surface area contributed by atoms with Gasteiger partial charge in [0.15, 0.2) is 0 Å². The number of imidazole rings is 2. The Morgan fingerprint density at radius 2 is 1.19 bits per heavy atom. The van der Waals surface area contributed by atoms with Crippen molar-refractivity contribution in [1.29, 1.82) is 0 Å². The summed E-state index contributed by atoms with van der Waals surface area (Å²) < 4.78 is 0. The van der Waals surface area contributed by atoms with Gasteiger partial charge in [0.25, 0.3) is 0 Å². The van der Waals surface area contributed by atoms with Gasteiger partial charge in [0.2, 0.25) is 23.6 Å². The minimum absolute atomic E-state index is 0.00107. The summed E-state index contributed by atoms with van der Waals surface area (Å²) in [4.78, 5) is 78.9. The van der Waals surface area contributed by atoms with E-state index in [1.807, 2.05) is 96.7 Å². The zero-order chi connectivity index (χ0) is 46.0. The van der Waals surface area contributed by atoms with Crippen LogP contribution >= 0.6 is 22.7 Å². The average Bonchev–Trinajstić information content (AvgIpc) is 3.94. The number of carbonyl (C=O) groups excluding carboxylic acids is 4. The molecule has 2 saturated carbocycles. The largest absolute Gasteiger partial charge is 0.340 e. The van der Waals surface area contributed by atoms with Crippen molar-refractivity contribution in [3.05, 3.63) is 144 Å². The summed E-state index contributed by atoms with van der Waals surface area (Å²) in [5.41, 5.74) is 5.58. The van der Waals surface area contributed by atoms with Gasteiger partial charge in [0.05, 0.1) is 45.6 Å². The number of aromatic nitrogens is 4. The monoisotopic (exact) mass is 930 g/mol. The molecule has 67 heavy (non-hydrogen) atoms. The molecular formula is C53H54N8O4S2. The maximum absolute atomic E-state index is 14.3. The molecule has 0 radical (unpaired) electrons. The lowest BCUT2D eigenvalue weighted by molar-refractivity contribution is -0.139. The van der Waals surface area contributed by atoms with Gasteiger partial charge in [-0.25, -0.2) is 9.97 Å². The topological polar surface area (TPSA) is 156 Å². The summed E-state index contributed by atoms with van der Waals surface area (Å²) in [5.74, 6) is 1.08. The summed E-state index contributed by atoms with van der Waals surface area (Å²) in [6.45, 7) is 5.17. The van der Waals surface area contributed by atoms with Crippen molar-refractivity contribution in [2.24, 2.45) is 11.8 Å². The molecule has 12 nitrogen and oxygen atoms in total. The molecule has 4 atom stereocenters. The van der Waals surface area contributed by atoms with Crippen LogP contribution in [-0.2, 0) is 19.2 Å². The molecule has 3 aliphatic rings. The normalized spacial score (nSPS) is 17.2. The third kappa shape index (κ3) is 9.64. The molecule has 4 N–H and O–H groups in total. The molecule has 3 fully saturated rings. The van der Waals surface area contributed by atoms with Gasteiger partial charge in [-0.05, 0) is 98.4 Å². The second kappa shape index (κ2) is 19.3. The summed E-state index contributed by atoms with van der Waals surface area (Å²) in [7, 11) is 0. The Morgan fingerprint density at radius 3 is 1.76 bits per heavy atom. The van der Waals surface area contributed by atoms with Crippen molar-refractivity contribution < 1.29 is 19.2 Å². The molecule has 1 aliphatic heterocycles. The van der Waals surface area contributed by atoms with Gasteiger partial charge in [-0.1, -0.05) is 91.9 Å². The van der Waals surface area contributed by atoms with E-state index in [2.05, 4.69) is 69.1 Å². The van der Waals surface area contributed by atoms with Crippen molar-refractivity contribution >= 4 is 46.3 Å². The van der Waals surface area contributed by atoms with E-state index in [0.29, 0.717) is 18.9 Å². The van der Waals surface area contributed by atoms with Crippen LogP contribution in [0.25, 0.3) is 42.0 Å². The highest BCUT2D eigenvalue weighted by molar-refractivity contribution is 7.19. The number of hydrogen-bond acceptors (Lipinski definition) is 8. The van der Waals surface area contributed by atoms with Crippen molar-refractivity contribution in [3.63, 3.8) is 0 Å². The van der Waals surface area contributed by atoms with E-state index < -0.39 is 12.1 Å². The maximum atomic E-state index is 14.3. The number of aromatic amines is 2. The second-order valence-corrected chi connectivity index (χ2v) is 20.1. The molecule has 4 aromatic heterocycles. The number of thiophene rings is 2. The molecule has 0 unspecified atom stereocenters. The number of carbonyl (C=O) groups is 4. The predicted octanol–water partition coefficient (Wildman–Crippen LogP) is 10.4. The van der Waals surface area contributed by atoms with Gasteiger partial charge in [0, 0.05) is 34.7 Å². The predicted molar refractivity (Wildman–Crippen MR) is 262 cm³/mol. The van der Waals surface area contributed by atoms with Crippen molar-refractivity contribution in [2.75, 3.05) is 13.1 Å². The van der Waals surface area contributed by atoms with Crippen LogP contribution in [0.15, 0.2) is 122 Å². The molecule has 7 aromatic rings. The zero-order valence-corrected chi connectivity index (χ0v) is 39.2. The van der Waals surface area contributed by atoms with Gasteiger partial charge in [-0.2, -0.15) is 0 Å². The number of H-pyrrole nitrogens is 2. The Labute approximate surface area is 398 Å². The fourth-order valence-electron chi connectivity index (χ4n) is 8.99. The lowest BCUT2D eigenvalue weighted by atomic mass is 10.0. The van der Waals surface area contributed by atoms with Gasteiger partial charge in [0.1, 0.15) is 23.7 Å². The molecular weight excluding hydrogens is 877 g/mol. The van der Waals surface area contributed by atoms with Crippen LogP contribution in [0.4, 0.5) is 0 Å². The fourth-order valence-corrected chi connectivity index (χ4v) is 10.9. The van der Waals surface area contributed by atoms with Crippen LogP contribution in [0, 0.1) is 11.8 Å². The molecule has 0 bridgehead atoms. The first kappa shape index (κ1) is 44.2. The van der Waals surface area contributed by atoms with Gasteiger partial charge >= 0.3 is 0 Å². The summed E-state index contributed by atoms with van der Waals surface area (Å²) in [6, 6.07) is 34.1. The minimum Gasteiger partial charge on any atom is -0.340 e. The quantitative estimate of drug-likeness (QED) is 0.0712. The maximum Gasteiger partial charge on any atom is 0.250 e. The molecule has 0 spiro atoms.